The Labute approximate surface area is 820 Å². The number of carbonyl (C=O) groups is 5. The number of ether oxygens (including phenoxy) is 8. The van der Waals surface area contributed by atoms with Crippen LogP contribution in [0.2, 0.25) is 0 Å². The van der Waals surface area contributed by atoms with Gasteiger partial charge in [0.25, 0.3) is 5.92 Å². The van der Waals surface area contributed by atoms with E-state index in [0.29, 0.717) is 75.4 Å². The Kier molecular flexibility index (Phi) is 35.1. The smallest absolute Gasteiger partial charge is 0.250 e. The molecule has 3 fully saturated rings. The van der Waals surface area contributed by atoms with Crippen molar-refractivity contribution < 1.29 is 70.6 Å². The highest BCUT2D eigenvalue weighted by molar-refractivity contribution is 8.22. The van der Waals surface area contributed by atoms with Gasteiger partial charge < -0.3 is 70.9 Å². The fraction of sp³-hybridized carbons (Fsp3) is 0.386. The average Bonchev–Trinajstić information content (AvgIpc) is 1.60. The maximum atomic E-state index is 13.4. The highest BCUT2D eigenvalue weighted by Crippen LogP contribution is 2.38. The summed E-state index contributed by atoms with van der Waals surface area (Å²) in [4.78, 5) is 99.0. The van der Waals surface area contributed by atoms with Crippen LogP contribution in [0.15, 0.2) is 158 Å². The molecule has 14 aromatic heterocycles. The molecule has 1 aromatic carbocycles. The number of methoxy groups -OCH3 is 7. The number of piperidine rings is 2. The van der Waals surface area contributed by atoms with Crippen molar-refractivity contribution in [2.24, 2.45) is 0 Å². The van der Waals surface area contributed by atoms with E-state index in [4.69, 9.17) is 50.1 Å². The third-order valence-corrected chi connectivity index (χ3v) is 31.5. The Bertz CT molecular complexity index is 6600. The molecule has 15 aromatic rings. The summed E-state index contributed by atoms with van der Waals surface area (Å²) in [6.07, 6.45) is 11.8. The molecule has 0 spiro atoms. The number of alkyl halides is 2. The van der Waals surface area contributed by atoms with Crippen LogP contribution in [0.5, 0.6) is 29.3 Å². The number of hydrogen-bond acceptors (Lipinski definition) is 28. The lowest BCUT2D eigenvalue weighted by Gasteiger charge is -2.31. The van der Waals surface area contributed by atoms with Gasteiger partial charge in [-0.15, -0.1) is 56.7 Å². The van der Waals surface area contributed by atoms with Gasteiger partial charge in [-0.25, -0.2) is 28.7 Å². The van der Waals surface area contributed by atoms with Crippen molar-refractivity contribution in [3.8, 4) is 29.3 Å². The summed E-state index contributed by atoms with van der Waals surface area (Å²) in [5, 5.41) is 5.46. The molecular weight excluding hydrogens is 1870 g/mol. The van der Waals surface area contributed by atoms with Crippen molar-refractivity contribution in [1.29, 1.82) is 0 Å². The Hall–Kier alpha value is -10.6. The molecule has 0 N–H and O–H groups in total. The second kappa shape index (κ2) is 47.2. The Morgan fingerprint density at radius 1 is 0.426 bits per heavy atom. The second-order valence-corrected chi connectivity index (χ2v) is 40.1. The molecule has 0 amide bonds. The predicted molar refractivity (Wildman–Crippen MR) is 546 cm³/mol. The van der Waals surface area contributed by atoms with Crippen molar-refractivity contribution in [3.05, 3.63) is 239 Å². The van der Waals surface area contributed by atoms with E-state index in [-0.39, 0.29) is 41.8 Å². The van der Waals surface area contributed by atoms with Crippen LogP contribution in [-0.2, 0) is 40.4 Å². The summed E-state index contributed by atoms with van der Waals surface area (Å²) in [7, 11) is 13.4. The van der Waals surface area contributed by atoms with Gasteiger partial charge in [0, 0.05) is 264 Å². The summed E-state index contributed by atoms with van der Waals surface area (Å²) >= 11 is 14.6. The third kappa shape index (κ3) is 24.9. The number of benzene rings is 1. The third-order valence-electron chi connectivity index (χ3n) is 24.5. The molecule has 0 saturated carbocycles. The lowest BCUT2D eigenvalue weighted by molar-refractivity contribution is -0.0554. The molecule has 3 saturated heterocycles. The minimum Gasteiger partial charge on any atom is -0.497 e. The van der Waals surface area contributed by atoms with Crippen molar-refractivity contribution in [2.45, 2.75) is 105 Å². The molecule has 0 bridgehead atoms. The molecule has 26 nitrogen and oxygen atoms in total. The van der Waals surface area contributed by atoms with E-state index in [9.17, 15) is 32.8 Å². The summed E-state index contributed by atoms with van der Waals surface area (Å²) in [6, 6.07) is 41.4. The molecule has 0 aliphatic carbocycles. The molecule has 17 heterocycles. The Morgan fingerprint density at radius 2 is 0.772 bits per heavy atom. The topological polar surface area (TPSA) is 248 Å². The van der Waals surface area contributed by atoms with E-state index in [2.05, 4.69) is 116 Å². The fourth-order valence-electron chi connectivity index (χ4n) is 16.6. The van der Waals surface area contributed by atoms with Gasteiger partial charge in [0.15, 0.2) is 0 Å². The first-order chi connectivity index (χ1) is 65.7. The molecular formula is C101H115F2N13O13S7. The fourth-order valence-corrected chi connectivity index (χ4v) is 23.3. The van der Waals surface area contributed by atoms with Gasteiger partial charge in [-0.2, -0.15) is 0 Å². The number of thioether (sulfide) groups is 1. The first kappa shape index (κ1) is 101. The van der Waals surface area contributed by atoms with E-state index in [1.54, 1.807) is 157 Å². The van der Waals surface area contributed by atoms with Crippen LogP contribution in [0.3, 0.4) is 0 Å². The Morgan fingerprint density at radius 3 is 1.12 bits per heavy atom. The van der Waals surface area contributed by atoms with E-state index >= 15 is 0 Å². The van der Waals surface area contributed by atoms with E-state index < -0.39 is 5.92 Å². The molecule has 0 radical (unpaired) electrons. The zero-order valence-corrected chi connectivity index (χ0v) is 84.8. The minimum atomic E-state index is -2.52. The number of thiophene rings is 5. The predicted octanol–water partition coefficient (Wildman–Crippen LogP) is 19.5. The number of nitrogens with zero attached hydrogens (tertiary/aromatic N) is 13. The molecule has 0 unspecified atom stereocenters. The Balaban J connectivity index is 0.000000136. The van der Waals surface area contributed by atoms with Gasteiger partial charge in [0.2, 0.25) is 52.4 Å². The van der Waals surface area contributed by atoms with Crippen LogP contribution < -0.4 is 23.7 Å². The maximum Gasteiger partial charge on any atom is 0.250 e. The number of carbonyl (C=O) groups excluding carboxylic acids is 5. The zero-order valence-electron chi connectivity index (χ0n) is 79.1. The van der Waals surface area contributed by atoms with Crippen LogP contribution in [-0.4, -0.2) is 263 Å². The lowest BCUT2D eigenvalue weighted by atomic mass is 10.1. The largest absolute Gasteiger partial charge is 0.497 e. The first-order valence-electron chi connectivity index (χ1n) is 45.0. The van der Waals surface area contributed by atoms with E-state index in [1.165, 1.54) is 81.0 Å². The number of likely N-dealkylation sites (N-methyl/N-ethyl adjacent to an activating group) is 1. The van der Waals surface area contributed by atoms with Crippen LogP contribution in [0, 0.1) is 34.6 Å². The van der Waals surface area contributed by atoms with Gasteiger partial charge in [-0.05, 0) is 176 Å². The van der Waals surface area contributed by atoms with Gasteiger partial charge in [-0.3, -0.25) is 33.4 Å². The zero-order chi connectivity index (χ0) is 96.4. The average molecular weight is 1980 g/mol. The number of rotatable bonds is 31. The van der Waals surface area contributed by atoms with Gasteiger partial charge in [-0.1, -0.05) is 24.0 Å². The minimum absolute atomic E-state index is 0.00484. The number of likely N-dealkylation sites (tertiary alicyclic amines) is 2. The van der Waals surface area contributed by atoms with Crippen LogP contribution in [0.1, 0.15) is 137 Å². The number of pyridine rings is 4. The standard InChI is InChI=1S/C22H27N3O3S.C21H23F2N3O2S.C21H25N3O3S.C20H25N3O3S.C17H15NO2S3/c1-15-12-17-13-19(21(26)16-4-5-20(28-3)23-14-16)29-22(17)25(15)11-10-24-8-6-18(27-2)7-9-24;1-14-11-16-12-17(19(27)15-3-4-18(28-2)24-13-15)29-20(16)26(14)10-9-25-7-5-21(22,23)6-8-25;1-15-12-17-13-18(20(25)16-4-5-19(26-2)22-14-16)28-21(17)24(15)8-7-23-6-3-10-27-11-9-23;1-14-11-16-12-17(19(24)15-5-6-18(26-4)21-13-15)27-20(16)23(14)8-7-22(2)9-10-25-3;1-10-8-12-9-14(23-16(12)18(10)17(21)22-3)15(19)11-4-6-13(20-2)7-5-11/h4-5,12-14,18H,6-11H2,1-3H3;3-4,11-13H,5-10H2,1-2H3;4-5,12-14H,3,6-11H2,1-2H3;5-6,11-13H,7-10H2,1-4H3;4-9H,1-3H3. The van der Waals surface area contributed by atoms with E-state index in [0.717, 1.165) is 211 Å². The SMILES string of the molecule is COCCN(C)CCn1c(C)cc2cc(C(=O)c3ccc(OC)nc3)sc21.COc1ccc(C(=O)c2cc3cc(C)n(C(=S)SC)c3s2)cc1.COc1ccc(C(=O)c2cc3cc(C)n(CCN4CCC(F)(F)CC4)c3s2)cn1.COc1ccc(C(=O)c2cc3cc(C)n(CCN4CCC(OC)CC4)c3s2)cn1.COc1ccc(C(=O)c2cc3cc(C)n(CCN4CCCOCC4)c3s2)cn1. The summed E-state index contributed by atoms with van der Waals surface area (Å²) in [6.45, 7) is 26.0. The van der Waals surface area contributed by atoms with Gasteiger partial charge >= 0.3 is 0 Å². The van der Waals surface area contributed by atoms with Gasteiger partial charge in [0.1, 0.15) is 34.2 Å². The van der Waals surface area contributed by atoms with Crippen molar-refractivity contribution in [1.82, 2.24) is 62.4 Å². The molecule has 3 aliphatic rings. The summed E-state index contributed by atoms with van der Waals surface area (Å²) in [5.41, 5.74) is 8.80. The molecule has 18 rings (SSSR count). The number of ketones is 5. The number of aryl methyl sites for hydroxylation is 5. The lowest BCUT2D eigenvalue weighted by Crippen LogP contribution is -2.40. The maximum absolute atomic E-state index is 13.4. The van der Waals surface area contributed by atoms with Crippen LogP contribution >= 0.6 is 80.7 Å². The van der Waals surface area contributed by atoms with E-state index in [1.807, 2.05) is 55.0 Å². The summed E-state index contributed by atoms with van der Waals surface area (Å²) in [5.74, 6) is 0.167. The normalized spacial score (nSPS) is 14.3. The first-order valence-corrected chi connectivity index (χ1v) is 50.7. The van der Waals surface area contributed by atoms with Crippen LogP contribution in [0.4, 0.5) is 8.78 Å². The highest BCUT2D eigenvalue weighted by atomic mass is 32.2. The molecule has 35 heteroatoms. The molecule has 718 valence electrons. The number of fused-ring (bicyclic) bond motifs is 5. The quantitative estimate of drug-likeness (QED) is 0.0289. The molecule has 136 heavy (non-hydrogen) atoms. The second-order valence-electron chi connectivity index (χ2n) is 33.5. The molecule has 0 atom stereocenters. The molecule has 3 aliphatic heterocycles. The number of hydrogen-bond donors (Lipinski definition) is 0. The number of aromatic nitrogens is 9. The van der Waals surface area contributed by atoms with Gasteiger partial charge in [0.05, 0.1) is 79.3 Å². The van der Waals surface area contributed by atoms with Crippen molar-refractivity contribution >= 4 is 165 Å². The number of thiocarbonyl (C=S) groups is 1. The monoisotopic (exact) mass is 1980 g/mol. The summed E-state index contributed by atoms with van der Waals surface area (Å²) < 4.78 is 80.2. The van der Waals surface area contributed by atoms with Crippen molar-refractivity contribution in [2.75, 3.05) is 155 Å². The highest BCUT2D eigenvalue weighted by Gasteiger charge is 2.34. The van der Waals surface area contributed by atoms with Crippen LogP contribution in [0.25, 0.3) is 51.1 Å². The number of halogens is 2. The van der Waals surface area contributed by atoms with Crippen molar-refractivity contribution in [3.63, 3.8) is 0 Å².